The van der Waals surface area contributed by atoms with Gasteiger partial charge in [0.05, 0.1) is 0 Å². The van der Waals surface area contributed by atoms with Crippen LogP contribution in [0.25, 0.3) is 0 Å². The van der Waals surface area contributed by atoms with Crippen molar-refractivity contribution in [2.75, 3.05) is 0 Å². The average molecular weight is 199 g/mol. The highest BCUT2D eigenvalue weighted by molar-refractivity contribution is 5.25. The molecule has 14 heavy (non-hydrogen) atoms. The molecule has 0 saturated heterocycles. The number of hydrogen-bond acceptors (Lipinski definition) is 1. The Morgan fingerprint density at radius 1 is 1.00 bits per heavy atom. The molecule has 1 nitrogen and oxygen atoms in total. The fraction of sp³-hybridized carbons (Fsp3) is 0.455. The molecule has 0 fully saturated rings. The van der Waals surface area contributed by atoms with Gasteiger partial charge in [0.1, 0.15) is 0 Å². The van der Waals surface area contributed by atoms with Crippen LogP contribution in [0.3, 0.4) is 0 Å². The summed E-state index contributed by atoms with van der Waals surface area (Å²) in [6.45, 7) is 4.01. The molecule has 0 aliphatic carbocycles. The molecule has 0 radical (unpaired) electrons. The van der Waals surface area contributed by atoms with Gasteiger partial charge in [-0.05, 0) is 11.5 Å². The molecule has 3 heteroatoms. The van der Waals surface area contributed by atoms with E-state index in [-0.39, 0.29) is 11.6 Å². The van der Waals surface area contributed by atoms with Crippen LogP contribution in [0.5, 0.6) is 0 Å². The van der Waals surface area contributed by atoms with Crippen LogP contribution in [0.4, 0.5) is 8.78 Å². The maximum atomic E-state index is 12.2. The van der Waals surface area contributed by atoms with Gasteiger partial charge in [0, 0.05) is 11.6 Å². The molecule has 0 heterocycles. The fourth-order valence-corrected chi connectivity index (χ4v) is 1.25. The van der Waals surface area contributed by atoms with E-state index in [2.05, 4.69) is 0 Å². The zero-order valence-electron chi connectivity index (χ0n) is 8.37. The van der Waals surface area contributed by atoms with Crippen LogP contribution in [0.15, 0.2) is 24.3 Å². The number of nitrogens with two attached hydrogens (primary N) is 1. The molecule has 1 aromatic rings. The molecule has 0 saturated carbocycles. The molecule has 78 valence electrons. The van der Waals surface area contributed by atoms with Crippen LogP contribution < -0.4 is 5.73 Å². The maximum absolute atomic E-state index is 12.2. The highest BCUT2D eigenvalue weighted by Crippen LogP contribution is 2.23. The quantitative estimate of drug-likeness (QED) is 0.794. The van der Waals surface area contributed by atoms with E-state index < -0.39 is 6.43 Å². The van der Waals surface area contributed by atoms with Crippen LogP contribution in [-0.2, 0) is 0 Å². The third kappa shape index (κ3) is 2.51. The number of halogens is 2. The lowest BCUT2D eigenvalue weighted by atomic mass is 9.96. The minimum absolute atomic E-state index is 0.0460. The summed E-state index contributed by atoms with van der Waals surface area (Å²) >= 11 is 0. The van der Waals surface area contributed by atoms with E-state index in [1.165, 1.54) is 12.1 Å². The Kier molecular flexibility index (Phi) is 3.58. The maximum Gasteiger partial charge on any atom is 0.263 e. The molecule has 1 aromatic carbocycles. The topological polar surface area (TPSA) is 26.0 Å². The Balaban J connectivity index is 2.83. The van der Waals surface area contributed by atoms with Gasteiger partial charge in [0.2, 0.25) is 0 Å². The van der Waals surface area contributed by atoms with Gasteiger partial charge in [-0.1, -0.05) is 38.1 Å². The van der Waals surface area contributed by atoms with E-state index in [1.807, 2.05) is 13.8 Å². The van der Waals surface area contributed by atoms with Crippen molar-refractivity contribution in [3.63, 3.8) is 0 Å². The first-order chi connectivity index (χ1) is 6.52. The van der Waals surface area contributed by atoms with Crippen molar-refractivity contribution >= 4 is 0 Å². The van der Waals surface area contributed by atoms with Crippen LogP contribution >= 0.6 is 0 Å². The van der Waals surface area contributed by atoms with Gasteiger partial charge in [-0.15, -0.1) is 0 Å². The van der Waals surface area contributed by atoms with Gasteiger partial charge >= 0.3 is 0 Å². The molecular formula is C11H15F2N. The first-order valence-electron chi connectivity index (χ1n) is 4.66. The first-order valence-corrected chi connectivity index (χ1v) is 4.66. The first kappa shape index (κ1) is 11.1. The van der Waals surface area contributed by atoms with E-state index in [9.17, 15) is 8.78 Å². The summed E-state index contributed by atoms with van der Waals surface area (Å²) in [5.41, 5.74) is 6.83. The molecule has 0 aromatic heterocycles. The molecule has 1 atom stereocenters. The highest BCUT2D eigenvalue weighted by Gasteiger charge is 2.11. The predicted octanol–water partition coefficient (Wildman–Crippen LogP) is 3.28. The van der Waals surface area contributed by atoms with Gasteiger partial charge in [-0.2, -0.15) is 0 Å². The molecule has 0 spiro atoms. The van der Waals surface area contributed by atoms with Gasteiger partial charge in [0.15, 0.2) is 0 Å². The normalized spacial score (nSPS) is 13.6. The van der Waals surface area contributed by atoms with Crippen LogP contribution in [0.2, 0.25) is 0 Å². The summed E-state index contributed by atoms with van der Waals surface area (Å²) in [6.07, 6.45) is -2.40. The van der Waals surface area contributed by atoms with Crippen molar-refractivity contribution in [1.29, 1.82) is 0 Å². The molecule has 1 rings (SSSR count). The smallest absolute Gasteiger partial charge is 0.263 e. The lowest BCUT2D eigenvalue weighted by Crippen LogP contribution is -2.16. The average Bonchev–Trinajstić information content (AvgIpc) is 2.16. The van der Waals surface area contributed by atoms with Crippen molar-refractivity contribution in [3.8, 4) is 0 Å². The largest absolute Gasteiger partial charge is 0.324 e. The second kappa shape index (κ2) is 4.51. The number of hydrogen-bond donors (Lipinski definition) is 1. The van der Waals surface area contributed by atoms with Crippen molar-refractivity contribution in [1.82, 2.24) is 0 Å². The Morgan fingerprint density at radius 2 is 1.43 bits per heavy atom. The second-order valence-electron chi connectivity index (χ2n) is 3.74. The SMILES string of the molecule is CC(C)[C@@H](N)c1ccc(C(F)F)cc1. The third-order valence-corrected chi connectivity index (χ3v) is 2.29. The summed E-state index contributed by atoms with van der Waals surface area (Å²) in [5, 5.41) is 0. The lowest BCUT2D eigenvalue weighted by Gasteiger charge is -2.16. The summed E-state index contributed by atoms with van der Waals surface area (Å²) in [5.74, 6) is 0.312. The zero-order chi connectivity index (χ0) is 10.7. The predicted molar refractivity (Wildman–Crippen MR) is 53.2 cm³/mol. The van der Waals surface area contributed by atoms with E-state index in [0.717, 1.165) is 5.56 Å². The number of rotatable bonds is 3. The standard InChI is InChI=1S/C11H15F2N/c1-7(2)10(14)8-3-5-9(6-4-8)11(12)13/h3-7,10-11H,14H2,1-2H3/t10-/m1/s1. The molecule has 0 amide bonds. The Bertz CT molecular complexity index is 280. The minimum atomic E-state index is -2.40. The molecule has 2 N–H and O–H groups in total. The zero-order valence-corrected chi connectivity index (χ0v) is 8.37. The summed E-state index contributed by atoms with van der Waals surface area (Å²) in [7, 11) is 0. The Morgan fingerprint density at radius 3 is 1.79 bits per heavy atom. The lowest BCUT2D eigenvalue weighted by molar-refractivity contribution is 0.151. The summed E-state index contributed by atoms with van der Waals surface area (Å²) < 4.78 is 24.5. The molecule has 0 aliphatic rings. The van der Waals surface area contributed by atoms with Crippen molar-refractivity contribution < 1.29 is 8.78 Å². The van der Waals surface area contributed by atoms with Crippen LogP contribution in [-0.4, -0.2) is 0 Å². The molecule has 0 bridgehead atoms. The van der Waals surface area contributed by atoms with E-state index in [0.29, 0.717) is 5.92 Å². The fourth-order valence-electron chi connectivity index (χ4n) is 1.25. The Hall–Kier alpha value is -0.960. The number of alkyl halides is 2. The Labute approximate surface area is 82.9 Å². The molecule has 0 unspecified atom stereocenters. The van der Waals surface area contributed by atoms with Gasteiger partial charge < -0.3 is 5.73 Å². The van der Waals surface area contributed by atoms with Crippen molar-refractivity contribution in [2.24, 2.45) is 11.7 Å². The molecule has 0 aliphatic heterocycles. The second-order valence-corrected chi connectivity index (χ2v) is 3.74. The van der Waals surface area contributed by atoms with E-state index in [1.54, 1.807) is 12.1 Å². The van der Waals surface area contributed by atoms with E-state index >= 15 is 0 Å². The van der Waals surface area contributed by atoms with Crippen molar-refractivity contribution in [2.45, 2.75) is 26.3 Å². The van der Waals surface area contributed by atoms with Gasteiger partial charge in [0.25, 0.3) is 6.43 Å². The highest BCUT2D eigenvalue weighted by atomic mass is 19.3. The van der Waals surface area contributed by atoms with Crippen LogP contribution in [0, 0.1) is 5.92 Å². The van der Waals surface area contributed by atoms with Gasteiger partial charge in [-0.25, -0.2) is 8.78 Å². The van der Waals surface area contributed by atoms with Crippen molar-refractivity contribution in [3.05, 3.63) is 35.4 Å². The van der Waals surface area contributed by atoms with Crippen LogP contribution in [0.1, 0.15) is 37.4 Å². The number of benzene rings is 1. The van der Waals surface area contributed by atoms with Gasteiger partial charge in [-0.3, -0.25) is 0 Å². The summed E-state index contributed by atoms with van der Waals surface area (Å²) in [4.78, 5) is 0. The van der Waals surface area contributed by atoms with E-state index in [4.69, 9.17) is 5.73 Å². The molecular weight excluding hydrogens is 184 g/mol. The summed E-state index contributed by atoms with van der Waals surface area (Å²) in [6, 6.07) is 6.13. The third-order valence-electron chi connectivity index (χ3n) is 2.29. The monoisotopic (exact) mass is 199 g/mol. The minimum Gasteiger partial charge on any atom is -0.324 e.